The predicted octanol–water partition coefficient (Wildman–Crippen LogP) is 2.41. The summed E-state index contributed by atoms with van der Waals surface area (Å²) in [6.07, 6.45) is 6.14. The second-order valence-electron chi connectivity index (χ2n) is 4.39. The number of allylic oxidation sites excluding steroid dienone is 2. The molecule has 2 rings (SSSR count). The van der Waals surface area contributed by atoms with Crippen LogP contribution in [-0.4, -0.2) is 17.6 Å². The minimum absolute atomic E-state index is 0.0152. The molecule has 1 aromatic rings. The maximum absolute atomic E-state index is 11.6. The number of carbonyl (C=O) groups is 1. The van der Waals surface area contributed by atoms with Crippen molar-refractivity contribution in [2.75, 3.05) is 12.3 Å². The summed E-state index contributed by atoms with van der Waals surface area (Å²) in [5.74, 6) is -0.111. The van der Waals surface area contributed by atoms with E-state index in [4.69, 9.17) is 10.5 Å². The number of carbonyl (C=O) groups excluding carboxylic acids is 1. The molecule has 0 saturated heterocycles. The third-order valence-electron chi connectivity index (χ3n) is 3.17. The number of esters is 1. The highest BCUT2D eigenvalue weighted by Crippen LogP contribution is 2.31. The number of nitrogen functional groups attached to an aromatic ring is 1. The lowest BCUT2D eigenvalue weighted by molar-refractivity contribution is -0.148. The van der Waals surface area contributed by atoms with Crippen LogP contribution < -0.4 is 5.73 Å². The number of pyridine rings is 1. The minimum atomic E-state index is -0.0956. The Morgan fingerprint density at radius 2 is 2.44 bits per heavy atom. The number of hydrogen-bond acceptors (Lipinski definition) is 4. The van der Waals surface area contributed by atoms with Gasteiger partial charge < -0.3 is 10.5 Å². The summed E-state index contributed by atoms with van der Waals surface area (Å²) in [6, 6.07) is 3.67. The van der Waals surface area contributed by atoms with Crippen LogP contribution in [0.4, 0.5) is 5.69 Å². The van der Waals surface area contributed by atoms with E-state index >= 15 is 0 Å². The molecule has 1 aliphatic carbocycles. The topological polar surface area (TPSA) is 65.2 Å². The van der Waals surface area contributed by atoms with Gasteiger partial charge in [-0.25, -0.2) is 0 Å². The average Bonchev–Trinajstić information content (AvgIpc) is 2.40. The Hall–Kier alpha value is -1.84. The van der Waals surface area contributed by atoms with Crippen LogP contribution in [0.15, 0.2) is 24.4 Å². The number of rotatable bonds is 3. The minimum Gasteiger partial charge on any atom is -0.466 e. The zero-order valence-electron chi connectivity index (χ0n) is 10.6. The average molecular weight is 246 g/mol. The molecule has 0 aromatic carbocycles. The summed E-state index contributed by atoms with van der Waals surface area (Å²) >= 11 is 0. The van der Waals surface area contributed by atoms with Crippen molar-refractivity contribution in [3.05, 3.63) is 30.1 Å². The molecular weight excluding hydrogens is 228 g/mol. The van der Waals surface area contributed by atoms with E-state index in [-0.39, 0.29) is 11.9 Å². The fourth-order valence-corrected chi connectivity index (χ4v) is 2.21. The Kier molecular flexibility index (Phi) is 3.97. The molecule has 0 saturated carbocycles. The van der Waals surface area contributed by atoms with Crippen molar-refractivity contribution in [3.8, 4) is 0 Å². The van der Waals surface area contributed by atoms with Gasteiger partial charge in [0, 0.05) is 6.20 Å². The first-order valence-electron chi connectivity index (χ1n) is 6.29. The lowest BCUT2D eigenvalue weighted by Crippen LogP contribution is -2.19. The third kappa shape index (κ3) is 2.70. The molecule has 96 valence electrons. The molecule has 18 heavy (non-hydrogen) atoms. The summed E-state index contributed by atoms with van der Waals surface area (Å²) in [5, 5.41) is 0. The van der Waals surface area contributed by atoms with Gasteiger partial charge >= 0.3 is 5.97 Å². The smallest absolute Gasteiger partial charge is 0.309 e. The molecule has 0 amide bonds. The van der Waals surface area contributed by atoms with Crippen molar-refractivity contribution in [1.29, 1.82) is 0 Å². The summed E-state index contributed by atoms with van der Waals surface area (Å²) < 4.78 is 5.04. The first-order chi connectivity index (χ1) is 8.72. The quantitative estimate of drug-likeness (QED) is 0.832. The third-order valence-corrected chi connectivity index (χ3v) is 3.17. The SMILES string of the molecule is CCOC(=O)[C@@H]1CC=C(c2ncccc2N)CC1. The number of nitrogens with zero attached hydrogens (tertiary/aromatic N) is 1. The Bertz CT molecular complexity index is 469. The zero-order valence-corrected chi connectivity index (χ0v) is 10.6. The number of anilines is 1. The summed E-state index contributed by atoms with van der Waals surface area (Å²) in [4.78, 5) is 15.9. The fraction of sp³-hybridized carbons (Fsp3) is 0.429. The molecule has 4 nitrogen and oxygen atoms in total. The first-order valence-corrected chi connectivity index (χ1v) is 6.29. The summed E-state index contributed by atoms with van der Waals surface area (Å²) in [6.45, 7) is 2.27. The van der Waals surface area contributed by atoms with Crippen molar-refractivity contribution >= 4 is 17.2 Å². The van der Waals surface area contributed by atoms with Crippen molar-refractivity contribution < 1.29 is 9.53 Å². The number of hydrogen-bond donors (Lipinski definition) is 1. The largest absolute Gasteiger partial charge is 0.466 e. The molecule has 0 fully saturated rings. The van der Waals surface area contributed by atoms with Crippen LogP contribution in [-0.2, 0) is 9.53 Å². The molecule has 1 atom stereocenters. The number of aromatic nitrogens is 1. The van der Waals surface area contributed by atoms with Crippen LogP contribution in [0.25, 0.3) is 5.57 Å². The van der Waals surface area contributed by atoms with Crippen LogP contribution in [0.2, 0.25) is 0 Å². The molecule has 0 unspecified atom stereocenters. The van der Waals surface area contributed by atoms with Gasteiger partial charge in [0.05, 0.1) is 23.9 Å². The highest BCUT2D eigenvalue weighted by Gasteiger charge is 2.23. The molecule has 1 aliphatic rings. The Labute approximate surface area is 107 Å². The fourth-order valence-electron chi connectivity index (χ4n) is 2.21. The molecule has 0 bridgehead atoms. The first kappa shape index (κ1) is 12.6. The standard InChI is InChI=1S/C14H18N2O2/c1-2-18-14(17)11-7-5-10(6-8-11)13-12(15)4-3-9-16-13/h3-5,9,11H,2,6-8,15H2,1H3/t11-/m1/s1. The van der Waals surface area contributed by atoms with E-state index < -0.39 is 0 Å². The highest BCUT2D eigenvalue weighted by atomic mass is 16.5. The molecule has 4 heteroatoms. The van der Waals surface area contributed by atoms with Crippen LogP contribution in [0, 0.1) is 5.92 Å². The van der Waals surface area contributed by atoms with Crippen molar-refractivity contribution in [2.45, 2.75) is 26.2 Å². The van der Waals surface area contributed by atoms with Crippen molar-refractivity contribution in [1.82, 2.24) is 4.98 Å². The number of nitrogens with two attached hydrogens (primary N) is 1. The van der Waals surface area contributed by atoms with Crippen LogP contribution in [0.5, 0.6) is 0 Å². The van der Waals surface area contributed by atoms with Gasteiger partial charge in [0.2, 0.25) is 0 Å². The summed E-state index contributed by atoms with van der Waals surface area (Å²) in [5.41, 5.74) is 8.57. The molecule has 1 aromatic heterocycles. The van der Waals surface area contributed by atoms with Crippen molar-refractivity contribution in [2.24, 2.45) is 5.92 Å². The lowest BCUT2D eigenvalue weighted by Gasteiger charge is -2.20. The van der Waals surface area contributed by atoms with Crippen LogP contribution in [0.3, 0.4) is 0 Å². The molecule has 0 aliphatic heterocycles. The summed E-state index contributed by atoms with van der Waals surface area (Å²) in [7, 11) is 0. The predicted molar refractivity (Wildman–Crippen MR) is 70.6 cm³/mol. The van der Waals surface area contributed by atoms with E-state index in [0.717, 1.165) is 24.1 Å². The van der Waals surface area contributed by atoms with Gasteiger partial charge in [-0.2, -0.15) is 0 Å². The van der Waals surface area contributed by atoms with E-state index in [0.29, 0.717) is 18.7 Å². The van der Waals surface area contributed by atoms with E-state index in [1.54, 1.807) is 6.20 Å². The van der Waals surface area contributed by atoms with E-state index in [9.17, 15) is 4.79 Å². The van der Waals surface area contributed by atoms with Gasteiger partial charge in [0.25, 0.3) is 0 Å². The Morgan fingerprint density at radius 1 is 1.61 bits per heavy atom. The zero-order chi connectivity index (χ0) is 13.0. The normalized spacial score (nSPS) is 19.2. The maximum Gasteiger partial charge on any atom is 0.309 e. The van der Waals surface area contributed by atoms with Gasteiger partial charge in [0.1, 0.15) is 0 Å². The van der Waals surface area contributed by atoms with Gasteiger partial charge in [0.15, 0.2) is 0 Å². The monoisotopic (exact) mass is 246 g/mol. The van der Waals surface area contributed by atoms with Crippen LogP contribution in [0.1, 0.15) is 31.9 Å². The maximum atomic E-state index is 11.6. The van der Waals surface area contributed by atoms with Gasteiger partial charge in [-0.15, -0.1) is 0 Å². The second kappa shape index (κ2) is 5.67. The molecule has 1 heterocycles. The Morgan fingerprint density at radius 3 is 3.06 bits per heavy atom. The van der Waals surface area contributed by atoms with Gasteiger partial charge in [-0.1, -0.05) is 6.08 Å². The molecular formula is C14H18N2O2. The van der Waals surface area contributed by atoms with Gasteiger partial charge in [-0.05, 0) is 43.9 Å². The lowest BCUT2D eigenvalue weighted by atomic mass is 9.88. The van der Waals surface area contributed by atoms with Gasteiger partial charge in [-0.3, -0.25) is 9.78 Å². The van der Waals surface area contributed by atoms with E-state index in [1.165, 1.54) is 0 Å². The van der Waals surface area contributed by atoms with E-state index in [2.05, 4.69) is 11.1 Å². The highest BCUT2D eigenvalue weighted by molar-refractivity contribution is 5.77. The van der Waals surface area contributed by atoms with E-state index in [1.807, 2.05) is 19.1 Å². The molecule has 2 N–H and O–H groups in total. The number of ether oxygens (including phenoxy) is 1. The second-order valence-corrected chi connectivity index (χ2v) is 4.39. The molecule has 0 radical (unpaired) electrons. The molecule has 0 spiro atoms. The Balaban J connectivity index is 2.07. The van der Waals surface area contributed by atoms with Crippen molar-refractivity contribution in [3.63, 3.8) is 0 Å². The van der Waals surface area contributed by atoms with Crippen LogP contribution >= 0.6 is 0 Å².